The third-order valence-electron chi connectivity index (χ3n) is 2.75. The zero-order valence-corrected chi connectivity index (χ0v) is 11.2. The number of hydrazine groups is 1. The van der Waals surface area contributed by atoms with Crippen LogP contribution in [0.15, 0.2) is 24.3 Å². The van der Waals surface area contributed by atoms with Crippen molar-refractivity contribution in [3.05, 3.63) is 35.7 Å². The fourth-order valence-electron chi connectivity index (χ4n) is 1.77. The standard InChI is InChI=1S/C13H17N5O/c1-8-12(15-9(2)16-13(8)18-14)17-10-6-4-5-7-11(10)19-3/h4-7H,14H2,1-3H3,(H2,15,16,17,18). The Hall–Kier alpha value is -2.34. The highest BCUT2D eigenvalue weighted by atomic mass is 16.5. The molecule has 0 aliphatic heterocycles. The first-order valence-electron chi connectivity index (χ1n) is 5.87. The van der Waals surface area contributed by atoms with E-state index >= 15 is 0 Å². The summed E-state index contributed by atoms with van der Waals surface area (Å²) in [6.45, 7) is 3.71. The smallest absolute Gasteiger partial charge is 0.148 e. The molecule has 0 aliphatic carbocycles. The lowest BCUT2D eigenvalue weighted by Crippen LogP contribution is -2.13. The van der Waals surface area contributed by atoms with Crippen LogP contribution in [0.4, 0.5) is 17.3 Å². The summed E-state index contributed by atoms with van der Waals surface area (Å²) in [5.41, 5.74) is 4.26. The van der Waals surface area contributed by atoms with Crippen molar-refractivity contribution in [3.8, 4) is 5.75 Å². The van der Waals surface area contributed by atoms with E-state index in [1.807, 2.05) is 38.1 Å². The van der Waals surface area contributed by atoms with Crippen LogP contribution >= 0.6 is 0 Å². The second kappa shape index (κ2) is 5.53. The van der Waals surface area contributed by atoms with Gasteiger partial charge in [0.15, 0.2) is 0 Å². The molecule has 0 saturated carbocycles. The fourth-order valence-corrected chi connectivity index (χ4v) is 1.77. The number of benzene rings is 1. The van der Waals surface area contributed by atoms with Gasteiger partial charge in [-0.15, -0.1) is 0 Å². The summed E-state index contributed by atoms with van der Waals surface area (Å²) in [6.07, 6.45) is 0. The predicted octanol–water partition coefficient (Wildman–Crippen LogP) is 2.13. The zero-order chi connectivity index (χ0) is 13.8. The normalized spacial score (nSPS) is 10.1. The summed E-state index contributed by atoms with van der Waals surface area (Å²) >= 11 is 0. The van der Waals surface area contributed by atoms with E-state index in [1.54, 1.807) is 7.11 Å². The number of para-hydroxylation sites is 2. The molecule has 0 spiro atoms. The van der Waals surface area contributed by atoms with Crippen LogP contribution in [-0.4, -0.2) is 17.1 Å². The largest absolute Gasteiger partial charge is 0.495 e. The highest BCUT2D eigenvalue weighted by Gasteiger charge is 2.10. The van der Waals surface area contributed by atoms with Crippen molar-refractivity contribution in [2.24, 2.45) is 5.84 Å². The molecule has 2 rings (SSSR count). The molecule has 0 bridgehead atoms. The number of ether oxygens (including phenoxy) is 1. The van der Waals surface area contributed by atoms with Crippen LogP contribution in [0.5, 0.6) is 5.75 Å². The van der Waals surface area contributed by atoms with Crippen LogP contribution in [0.1, 0.15) is 11.4 Å². The van der Waals surface area contributed by atoms with Crippen molar-refractivity contribution in [1.82, 2.24) is 9.97 Å². The second-order valence-electron chi connectivity index (χ2n) is 4.06. The second-order valence-corrected chi connectivity index (χ2v) is 4.06. The van der Waals surface area contributed by atoms with E-state index in [2.05, 4.69) is 20.7 Å². The Bertz CT molecular complexity index is 585. The number of rotatable bonds is 4. The molecule has 0 amide bonds. The first kappa shape index (κ1) is 13.1. The minimum Gasteiger partial charge on any atom is -0.495 e. The van der Waals surface area contributed by atoms with Crippen molar-refractivity contribution in [2.45, 2.75) is 13.8 Å². The van der Waals surface area contributed by atoms with Gasteiger partial charge in [0.05, 0.1) is 12.8 Å². The summed E-state index contributed by atoms with van der Waals surface area (Å²) in [5.74, 6) is 8.13. The van der Waals surface area contributed by atoms with Gasteiger partial charge >= 0.3 is 0 Å². The molecule has 0 unspecified atom stereocenters. The van der Waals surface area contributed by atoms with Crippen molar-refractivity contribution in [1.29, 1.82) is 0 Å². The number of hydrogen-bond acceptors (Lipinski definition) is 6. The number of anilines is 3. The molecule has 1 heterocycles. The van der Waals surface area contributed by atoms with E-state index in [0.29, 0.717) is 17.5 Å². The van der Waals surface area contributed by atoms with Crippen LogP contribution in [0.25, 0.3) is 0 Å². The van der Waals surface area contributed by atoms with Crippen LogP contribution in [0.3, 0.4) is 0 Å². The molecule has 6 nitrogen and oxygen atoms in total. The van der Waals surface area contributed by atoms with Gasteiger partial charge in [0.1, 0.15) is 23.2 Å². The number of aryl methyl sites for hydroxylation is 1. The van der Waals surface area contributed by atoms with Crippen LogP contribution < -0.4 is 21.3 Å². The average Bonchev–Trinajstić information content (AvgIpc) is 2.43. The van der Waals surface area contributed by atoms with E-state index in [0.717, 1.165) is 17.0 Å². The number of nitrogens with two attached hydrogens (primary N) is 1. The molecule has 0 atom stereocenters. The number of methoxy groups -OCH3 is 1. The Morgan fingerprint density at radius 1 is 1.11 bits per heavy atom. The molecule has 6 heteroatoms. The maximum absolute atomic E-state index is 5.45. The maximum atomic E-state index is 5.45. The van der Waals surface area contributed by atoms with Crippen LogP contribution in [0, 0.1) is 13.8 Å². The quantitative estimate of drug-likeness (QED) is 0.576. The third kappa shape index (κ3) is 2.74. The average molecular weight is 259 g/mol. The lowest BCUT2D eigenvalue weighted by Gasteiger charge is -2.14. The molecule has 0 radical (unpaired) electrons. The first-order chi connectivity index (χ1) is 9.15. The molecule has 1 aromatic heterocycles. The first-order valence-corrected chi connectivity index (χ1v) is 5.87. The minimum absolute atomic E-state index is 0.602. The van der Waals surface area contributed by atoms with Gasteiger partial charge in [0.2, 0.25) is 0 Å². The van der Waals surface area contributed by atoms with Gasteiger partial charge in [0.25, 0.3) is 0 Å². The van der Waals surface area contributed by atoms with Crippen LogP contribution in [0.2, 0.25) is 0 Å². The van der Waals surface area contributed by atoms with Crippen molar-refractivity contribution < 1.29 is 4.74 Å². The van der Waals surface area contributed by atoms with Gasteiger partial charge in [-0.1, -0.05) is 12.1 Å². The topological polar surface area (TPSA) is 85.1 Å². The maximum Gasteiger partial charge on any atom is 0.148 e. The lowest BCUT2D eigenvalue weighted by atomic mass is 10.2. The number of nitrogens with one attached hydrogen (secondary N) is 2. The summed E-state index contributed by atoms with van der Waals surface area (Å²) in [7, 11) is 1.63. The van der Waals surface area contributed by atoms with E-state index in [4.69, 9.17) is 10.6 Å². The Labute approximate surface area is 112 Å². The summed E-state index contributed by atoms with van der Waals surface area (Å²) in [5, 5.41) is 3.24. The summed E-state index contributed by atoms with van der Waals surface area (Å²) in [6, 6.07) is 7.64. The Morgan fingerprint density at radius 3 is 2.47 bits per heavy atom. The number of nitrogen functional groups attached to an aromatic ring is 1. The van der Waals surface area contributed by atoms with Gasteiger partial charge in [-0.3, -0.25) is 0 Å². The SMILES string of the molecule is COc1ccccc1Nc1nc(C)nc(NN)c1C. The summed E-state index contributed by atoms with van der Waals surface area (Å²) in [4.78, 5) is 8.60. The number of nitrogens with zero attached hydrogens (tertiary/aromatic N) is 2. The Kier molecular flexibility index (Phi) is 3.82. The molecule has 0 fully saturated rings. The van der Waals surface area contributed by atoms with Gasteiger partial charge in [0, 0.05) is 5.56 Å². The van der Waals surface area contributed by atoms with E-state index < -0.39 is 0 Å². The molecule has 2 aromatic rings. The fraction of sp³-hybridized carbons (Fsp3) is 0.231. The lowest BCUT2D eigenvalue weighted by molar-refractivity contribution is 0.417. The highest BCUT2D eigenvalue weighted by molar-refractivity contribution is 5.68. The summed E-state index contributed by atoms with van der Waals surface area (Å²) < 4.78 is 5.30. The predicted molar refractivity (Wildman–Crippen MR) is 75.6 cm³/mol. The van der Waals surface area contributed by atoms with Gasteiger partial charge in [-0.25, -0.2) is 15.8 Å². The molecule has 100 valence electrons. The molecular formula is C13H17N5O. The monoisotopic (exact) mass is 259 g/mol. The van der Waals surface area contributed by atoms with E-state index in [9.17, 15) is 0 Å². The van der Waals surface area contributed by atoms with Crippen molar-refractivity contribution in [2.75, 3.05) is 17.9 Å². The van der Waals surface area contributed by atoms with Gasteiger partial charge in [-0.05, 0) is 26.0 Å². The van der Waals surface area contributed by atoms with Crippen molar-refractivity contribution >= 4 is 17.3 Å². The Morgan fingerprint density at radius 2 is 1.79 bits per heavy atom. The molecule has 4 N–H and O–H groups in total. The van der Waals surface area contributed by atoms with Gasteiger partial charge in [-0.2, -0.15) is 0 Å². The molecular weight excluding hydrogens is 242 g/mol. The molecule has 0 aliphatic rings. The van der Waals surface area contributed by atoms with Crippen LogP contribution in [-0.2, 0) is 0 Å². The van der Waals surface area contributed by atoms with E-state index in [1.165, 1.54) is 0 Å². The molecule has 1 aromatic carbocycles. The number of hydrogen-bond donors (Lipinski definition) is 3. The highest BCUT2D eigenvalue weighted by Crippen LogP contribution is 2.29. The van der Waals surface area contributed by atoms with E-state index in [-0.39, 0.29) is 0 Å². The zero-order valence-electron chi connectivity index (χ0n) is 11.2. The third-order valence-corrected chi connectivity index (χ3v) is 2.75. The Balaban J connectivity index is 2.40. The van der Waals surface area contributed by atoms with Gasteiger partial charge < -0.3 is 15.5 Å². The van der Waals surface area contributed by atoms with Crippen molar-refractivity contribution in [3.63, 3.8) is 0 Å². The minimum atomic E-state index is 0.602. The number of aromatic nitrogens is 2. The molecule has 0 saturated heterocycles. The molecule has 19 heavy (non-hydrogen) atoms.